The van der Waals surface area contributed by atoms with Crippen LogP contribution in [0.1, 0.15) is 15.9 Å². The van der Waals surface area contributed by atoms with Crippen molar-refractivity contribution >= 4 is 41.1 Å². The second kappa shape index (κ2) is 15.4. The molecular formula is C38H30ClN3O5S. The summed E-state index contributed by atoms with van der Waals surface area (Å²) in [6.07, 6.45) is 3.26. The summed E-state index contributed by atoms with van der Waals surface area (Å²) in [5.74, 6) is 1.11. The van der Waals surface area contributed by atoms with Crippen LogP contribution >= 0.6 is 23.5 Å². The van der Waals surface area contributed by atoms with E-state index in [1.165, 1.54) is 25.5 Å². The number of nitrogens with one attached hydrogen (secondary N) is 2. The van der Waals surface area contributed by atoms with E-state index in [0.717, 1.165) is 38.6 Å². The summed E-state index contributed by atoms with van der Waals surface area (Å²) >= 11 is 7.62. The number of methoxy groups -OCH3 is 1. The molecule has 0 aliphatic carbocycles. The van der Waals surface area contributed by atoms with Gasteiger partial charge in [-0.25, -0.2) is 9.78 Å². The summed E-state index contributed by atoms with van der Waals surface area (Å²) in [4.78, 5) is 31.3. The summed E-state index contributed by atoms with van der Waals surface area (Å²) in [5, 5.41) is 3.23. The highest BCUT2D eigenvalue weighted by Gasteiger charge is 2.24. The van der Waals surface area contributed by atoms with Crippen LogP contribution in [0.4, 0.5) is 5.69 Å². The molecule has 6 aromatic rings. The number of carbonyl (C=O) groups excluding carboxylic acids is 2. The van der Waals surface area contributed by atoms with E-state index < -0.39 is 17.9 Å². The zero-order valence-corrected chi connectivity index (χ0v) is 27.3. The maximum Gasteiger partial charge on any atom is 0.328 e. The average molecular weight is 676 g/mol. The lowest BCUT2D eigenvalue weighted by atomic mass is 9.99. The molecular weight excluding hydrogens is 646 g/mol. The van der Waals surface area contributed by atoms with E-state index >= 15 is 0 Å². The normalized spacial score (nSPS) is 11.4. The third-order valence-electron chi connectivity index (χ3n) is 7.43. The lowest BCUT2D eigenvalue weighted by Crippen LogP contribution is -2.43. The fourth-order valence-electron chi connectivity index (χ4n) is 4.99. The molecule has 1 aromatic heterocycles. The zero-order chi connectivity index (χ0) is 33.3. The molecule has 1 heterocycles. The smallest absolute Gasteiger partial charge is 0.328 e. The summed E-state index contributed by atoms with van der Waals surface area (Å²) < 4.78 is 19.8. The van der Waals surface area contributed by atoms with Gasteiger partial charge in [0.1, 0.15) is 17.5 Å². The number of anilines is 1. The number of halogens is 1. The van der Waals surface area contributed by atoms with Gasteiger partial charge in [0.15, 0.2) is 12.2 Å². The summed E-state index contributed by atoms with van der Waals surface area (Å²) in [7, 11) is 1.30. The second-order valence-corrected chi connectivity index (χ2v) is 12.0. The predicted molar refractivity (Wildman–Crippen MR) is 188 cm³/mol. The van der Waals surface area contributed by atoms with Crippen molar-refractivity contribution in [3.05, 3.63) is 150 Å². The highest BCUT2D eigenvalue weighted by molar-refractivity contribution is 8.00. The van der Waals surface area contributed by atoms with Gasteiger partial charge in [0, 0.05) is 27.5 Å². The number of esters is 1. The highest BCUT2D eigenvalue weighted by Crippen LogP contribution is 2.34. The van der Waals surface area contributed by atoms with Crippen LogP contribution in [0.25, 0.3) is 22.5 Å². The lowest BCUT2D eigenvalue weighted by Gasteiger charge is -2.19. The quantitative estimate of drug-likeness (QED) is 0.0978. The monoisotopic (exact) mass is 675 g/mol. The molecule has 0 spiro atoms. The first-order valence-corrected chi connectivity index (χ1v) is 16.2. The van der Waals surface area contributed by atoms with E-state index in [2.05, 4.69) is 15.0 Å². The van der Waals surface area contributed by atoms with Crippen molar-refractivity contribution in [2.45, 2.75) is 17.4 Å². The van der Waals surface area contributed by atoms with Gasteiger partial charge in [-0.05, 0) is 71.6 Å². The molecule has 0 saturated heterocycles. The molecule has 0 aliphatic heterocycles. The average Bonchev–Trinajstić information content (AvgIpc) is 3.67. The van der Waals surface area contributed by atoms with E-state index in [0.29, 0.717) is 16.5 Å². The molecule has 0 radical (unpaired) electrons. The first-order valence-electron chi connectivity index (χ1n) is 15.0. The third-order valence-corrected chi connectivity index (χ3v) is 8.50. The van der Waals surface area contributed by atoms with E-state index in [1.807, 2.05) is 103 Å². The minimum atomic E-state index is -0.940. The topological polar surface area (TPSA) is 103 Å². The van der Waals surface area contributed by atoms with E-state index in [9.17, 15) is 9.59 Å². The van der Waals surface area contributed by atoms with Crippen LogP contribution in [-0.4, -0.2) is 30.0 Å². The maximum atomic E-state index is 13.6. The van der Waals surface area contributed by atoms with Crippen LogP contribution in [-0.2, 0) is 16.0 Å². The Morgan fingerprint density at radius 2 is 1.60 bits per heavy atom. The van der Waals surface area contributed by atoms with Crippen molar-refractivity contribution in [1.82, 2.24) is 10.3 Å². The van der Waals surface area contributed by atoms with E-state index in [4.69, 9.17) is 25.5 Å². The number of nitrogens with zero attached hydrogens (tertiary/aromatic N) is 1. The minimum Gasteiger partial charge on any atom is -0.467 e. The molecule has 1 amide bonds. The summed E-state index contributed by atoms with van der Waals surface area (Å²) in [6.45, 7) is 0. The fraction of sp³-hybridized carbons (Fsp3) is 0.0789. The number of para-hydroxylation sites is 2. The Balaban J connectivity index is 1.14. The third kappa shape index (κ3) is 8.06. The second-order valence-electron chi connectivity index (χ2n) is 10.6. The molecule has 1 atom stereocenters. The van der Waals surface area contributed by atoms with Crippen molar-refractivity contribution in [1.29, 1.82) is 0 Å². The van der Waals surface area contributed by atoms with Crippen molar-refractivity contribution < 1.29 is 23.5 Å². The Labute approximate surface area is 287 Å². The van der Waals surface area contributed by atoms with Gasteiger partial charge in [0.05, 0.1) is 24.6 Å². The van der Waals surface area contributed by atoms with Gasteiger partial charge >= 0.3 is 5.97 Å². The van der Waals surface area contributed by atoms with E-state index in [1.54, 1.807) is 24.4 Å². The molecule has 8 nitrogen and oxygen atoms in total. The van der Waals surface area contributed by atoms with Crippen molar-refractivity contribution in [2.75, 3.05) is 11.8 Å². The Morgan fingerprint density at radius 1 is 0.875 bits per heavy atom. The first-order chi connectivity index (χ1) is 23.5. The number of rotatable bonds is 12. The number of hydrogen-bond donors (Lipinski definition) is 2. The van der Waals surface area contributed by atoms with Crippen LogP contribution in [0, 0.1) is 0 Å². The minimum absolute atomic E-state index is 0.219. The molecule has 0 unspecified atom stereocenters. The predicted octanol–water partition coefficient (Wildman–Crippen LogP) is 9.09. The number of ether oxygens (including phenoxy) is 2. The molecule has 240 valence electrons. The van der Waals surface area contributed by atoms with Crippen molar-refractivity contribution in [3.63, 3.8) is 0 Å². The standard InChI is InChI=1S/C38H30ClN3O5S/c1-45-38(44)34(21-25-11-13-26(14-12-25)31-9-5-6-10-35(31)47-29-7-3-2-4-8-29)41-37(43)32-22-28(39)17-20-33(32)42-48-30-18-15-27(16-19-30)36-23-40-24-46-36/h2-20,22-24,34,42H,21H2,1H3,(H,41,43)/t34-/m0/s1. The van der Waals surface area contributed by atoms with Crippen molar-refractivity contribution in [3.8, 4) is 33.9 Å². The Kier molecular flexibility index (Phi) is 10.4. The molecule has 0 saturated carbocycles. The van der Waals surface area contributed by atoms with Crippen LogP contribution in [0.2, 0.25) is 5.02 Å². The van der Waals surface area contributed by atoms with Gasteiger partial charge in [-0.15, -0.1) is 0 Å². The molecule has 0 fully saturated rings. The van der Waals surface area contributed by atoms with Gasteiger partial charge in [0.25, 0.3) is 5.91 Å². The molecule has 0 aliphatic rings. The van der Waals surface area contributed by atoms with Gasteiger partial charge in [-0.2, -0.15) is 0 Å². The van der Waals surface area contributed by atoms with Crippen LogP contribution in [0.15, 0.2) is 143 Å². The van der Waals surface area contributed by atoms with E-state index in [-0.39, 0.29) is 12.0 Å². The lowest BCUT2D eigenvalue weighted by molar-refractivity contribution is -0.142. The highest BCUT2D eigenvalue weighted by atomic mass is 35.5. The Bertz CT molecular complexity index is 1990. The molecule has 2 N–H and O–H groups in total. The van der Waals surface area contributed by atoms with Crippen LogP contribution in [0.5, 0.6) is 11.5 Å². The number of oxazole rings is 1. The summed E-state index contributed by atoms with van der Waals surface area (Å²) in [6, 6.07) is 36.9. The first kappa shape index (κ1) is 32.4. The Hall–Kier alpha value is -5.51. The number of amides is 1. The molecule has 0 bridgehead atoms. The zero-order valence-electron chi connectivity index (χ0n) is 25.8. The largest absolute Gasteiger partial charge is 0.467 e. The number of carbonyl (C=O) groups is 2. The maximum absolute atomic E-state index is 13.6. The molecule has 10 heteroatoms. The number of aromatic nitrogens is 1. The van der Waals surface area contributed by atoms with Gasteiger partial charge in [-0.1, -0.05) is 84.4 Å². The molecule has 5 aromatic carbocycles. The molecule has 48 heavy (non-hydrogen) atoms. The molecule has 6 rings (SSSR count). The Morgan fingerprint density at radius 3 is 2.33 bits per heavy atom. The SMILES string of the molecule is COC(=O)[C@H](Cc1ccc(-c2ccccc2Oc2ccccc2)cc1)NC(=O)c1cc(Cl)ccc1NSc1ccc(-c2cnco2)cc1. The van der Waals surface area contributed by atoms with Crippen LogP contribution in [0.3, 0.4) is 0 Å². The number of hydrogen-bond acceptors (Lipinski definition) is 8. The van der Waals surface area contributed by atoms with Gasteiger partial charge < -0.3 is 23.9 Å². The van der Waals surface area contributed by atoms with Crippen molar-refractivity contribution in [2.24, 2.45) is 0 Å². The summed E-state index contributed by atoms with van der Waals surface area (Å²) in [5.41, 5.74) is 4.43. The fourth-order valence-corrected chi connectivity index (χ4v) is 5.84. The van der Waals surface area contributed by atoms with Gasteiger partial charge in [0.2, 0.25) is 0 Å². The van der Waals surface area contributed by atoms with Gasteiger partial charge in [-0.3, -0.25) is 4.79 Å². The number of benzene rings is 5. The van der Waals surface area contributed by atoms with Crippen LogP contribution < -0.4 is 14.8 Å².